The monoisotopic (exact) mass is 387 g/mol. The number of carbonyl (C=O) groups excluding carboxylic acids is 4. The van der Waals surface area contributed by atoms with E-state index in [1.165, 1.54) is 0 Å². The number of hydrazone groups is 1. The Bertz CT molecular complexity index is 798. The second kappa shape index (κ2) is 9.75. The van der Waals surface area contributed by atoms with Gasteiger partial charge >= 0.3 is 11.8 Å². The van der Waals surface area contributed by atoms with Crippen molar-refractivity contribution < 1.29 is 19.2 Å². The standard InChI is InChI=1S/C19H25N5O4/c1-11-8-12(2)10-13(9-11)21-17(26)7-6-16(25)14-4-3-5-15(14)23-24-19(28)18(27)22-20/h8-10,14H,3-7,20H2,1-2H3,(H,21,26)(H,22,27)(H,24,28)/b23-15-. The number of nitrogens with two attached hydrogens (primary N) is 1. The van der Waals surface area contributed by atoms with Crippen LogP contribution in [0.1, 0.15) is 43.2 Å². The van der Waals surface area contributed by atoms with Gasteiger partial charge in [-0.2, -0.15) is 5.10 Å². The number of nitrogens with one attached hydrogen (secondary N) is 3. The van der Waals surface area contributed by atoms with Crippen molar-refractivity contribution >= 4 is 34.9 Å². The van der Waals surface area contributed by atoms with Gasteiger partial charge in [0.25, 0.3) is 0 Å². The molecule has 1 unspecified atom stereocenters. The molecule has 1 atom stereocenters. The van der Waals surface area contributed by atoms with Crippen LogP contribution in [0.5, 0.6) is 0 Å². The predicted molar refractivity (Wildman–Crippen MR) is 104 cm³/mol. The first kappa shape index (κ1) is 21.2. The van der Waals surface area contributed by atoms with Crippen LogP contribution in [-0.4, -0.2) is 29.2 Å². The van der Waals surface area contributed by atoms with E-state index in [9.17, 15) is 19.2 Å². The number of aryl methyl sites for hydroxylation is 2. The first-order chi connectivity index (χ1) is 13.3. The highest BCUT2D eigenvalue weighted by molar-refractivity contribution is 6.34. The first-order valence-corrected chi connectivity index (χ1v) is 9.08. The number of rotatable bonds is 6. The molecule has 0 heterocycles. The van der Waals surface area contributed by atoms with E-state index in [4.69, 9.17) is 5.84 Å². The molecule has 0 aromatic heterocycles. The Morgan fingerprint density at radius 1 is 1.07 bits per heavy atom. The maximum atomic E-state index is 12.5. The van der Waals surface area contributed by atoms with E-state index in [1.54, 1.807) is 5.43 Å². The number of nitrogens with zero attached hydrogens (tertiary/aromatic N) is 1. The third kappa shape index (κ3) is 5.98. The van der Waals surface area contributed by atoms with Crippen LogP contribution in [0.2, 0.25) is 0 Å². The van der Waals surface area contributed by atoms with Gasteiger partial charge in [-0.3, -0.25) is 24.6 Å². The van der Waals surface area contributed by atoms with E-state index in [0.29, 0.717) is 24.2 Å². The summed E-state index contributed by atoms with van der Waals surface area (Å²) in [6, 6.07) is 5.75. The molecule has 1 aromatic carbocycles. The molecule has 5 N–H and O–H groups in total. The second-order valence-corrected chi connectivity index (χ2v) is 6.85. The van der Waals surface area contributed by atoms with Gasteiger partial charge in [0.05, 0.1) is 5.92 Å². The minimum Gasteiger partial charge on any atom is -0.326 e. The molecule has 1 saturated carbocycles. The molecule has 9 heteroatoms. The van der Waals surface area contributed by atoms with Crippen LogP contribution < -0.4 is 22.0 Å². The van der Waals surface area contributed by atoms with Gasteiger partial charge in [0, 0.05) is 24.2 Å². The number of Topliss-reactive ketones (excluding diaryl/α,β-unsaturated/α-hetero) is 1. The van der Waals surface area contributed by atoms with Gasteiger partial charge in [-0.15, -0.1) is 0 Å². The lowest BCUT2D eigenvalue weighted by Gasteiger charge is -2.11. The Hall–Kier alpha value is -3.07. The van der Waals surface area contributed by atoms with E-state index < -0.39 is 17.7 Å². The molecular formula is C19H25N5O4. The molecule has 2 rings (SSSR count). The molecule has 0 aliphatic heterocycles. The van der Waals surface area contributed by atoms with Crippen molar-refractivity contribution in [3.05, 3.63) is 29.3 Å². The average Bonchev–Trinajstić information content (AvgIpc) is 3.11. The molecule has 0 bridgehead atoms. The van der Waals surface area contributed by atoms with Gasteiger partial charge in [-0.1, -0.05) is 6.07 Å². The summed E-state index contributed by atoms with van der Waals surface area (Å²) in [6.45, 7) is 3.90. The number of hydrogen-bond acceptors (Lipinski definition) is 6. The van der Waals surface area contributed by atoms with E-state index >= 15 is 0 Å². The van der Waals surface area contributed by atoms with E-state index in [0.717, 1.165) is 17.5 Å². The second-order valence-electron chi connectivity index (χ2n) is 6.85. The third-order valence-corrected chi connectivity index (χ3v) is 4.46. The molecule has 1 aliphatic rings. The van der Waals surface area contributed by atoms with Crippen molar-refractivity contribution in [2.75, 3.05) is 5.32 Å². The molecule has 150 valence electrons. The number of carbonyl (C=O) groups is 4. The zero-order chi connectivity index (χ0) is 20.7. The van der Waals surface area contributed by atoms with Crippen molar-refractivity contribution in [3.8, 4) is 0 Å². The van der Waals surface area contributed by atoms with Gasteiger partial charge in [0.15, 0.2) is 0 Å². The van der Waals surface area contributed by atoms with Gasteiger partial charge in [-0.05, 0) is 56.4 Å². The lowest BCUT2D eigenvalue weighted by molar-refractivity contribution is -0.139. The Morgan fingerprint density at radius 3 is 2.39 bits per heavy atom. The van der Waals surface area contributed by atoms with Gasteiger partial charge in [0.2, 0.25) is 5.91 Å². The SMILES string of the molecule is Cc1cc(C)cc(NC(=O)CCC(=O)C2CCC/C2=N/NC(=O)C(=O)NN)c1. The number of benzene rings is 1. The fourth-order valence-electron chi connectivity index (χ4n) is 3.23. The summed E-state index contributed by atoms with van der Waals surface area (Å²) in [5.74, 6) is 2.06. The minimum atomic E-state index is -1.02. The number of ketones is 1. The lowest BCUT2D eigenvalue weighted by atomic mass is 9.97. The van der Waals surface area contributed by atoms with Crippen LogP contribution in [0, 0.1) is 19.8 Å². The summed E-state index contributed by atoms with van der Waals surface area (Å²) in [5, 5.41) is 6.69. The molecule has 1 aromatic rings. The molecule has 1 aliphatic carbocycles. The van der Waals surface area contributed by atoms with Crippen LogP contribution in [0.4, 0.5) is 5.69 Å². The highest BCUT2D eigenvalue weighted by atomic mass is 16.2. The fourth-order valence-corrected chi connectivity index (χ4v) is 3.23. The maximum Gasteiger partial charge on any atom is 0.330 e. The van der Waals surface area contributed by atoms with Crippen LogP contribution in [0.3, 0.4) is 0 Å². The molecule has 1 fully saturated rings. The zero-order valence-electron chi connectivity index (χ0n) is 16.0. The number of hydrazine groups is 1. The third-order valence-electron chi connectivity index (χ3n) is 4.46. The summed E-state index contributed by atoms with van der Waals surface area (Å²) >= 11 is 0. The Labute approximate surface area is 163 Å². The minimum absolute atomic E-state index is 0.0670. The smallest absolute Gasteiger partial charge is 0.326 e. The van der Waals surface area contributed by atoms with Crippen molar-refractivity contribution in [2.24, 2.45) is 16.9 Å². The zero-order valence-corrected chi connectivity index (χ0v) is 16.0. The Morgan fingerprint density at radius 2 is 1.75 bits per heavy atom. The molecular weight excluding hydrogens is 362 g/mol. The predicted octanol–water partition coefficient (Wildman–Crippen LogP) is 0.853. The Balaban J connectivity index is 1.88. The van der Waals surface area contributed by atoms with Crippen molar-refractivity contribution in [2.45, 2.75) is 46.0 Å². The number of amides is 3. The van der Waals surface area contributed by atoms with Crippen LogP contribution in [-0.2, 0) is 19.2 Å². The fraction of sp³-hybridized carbons (Fsp3) is 0.421. The topological polar surface area (TPSA) is 143 Å². The van der Waals surface area contributed by atoms with Crippen LogP contribution in [0.15, 0.2) is 23.3 Å². The quantitative estimate of drug-likeness (QED) is 0.248. The van der Waals surface area contributed by atoms with Gasteiger partial charge < -0.3 is 5.32 Å². The van der Waals surface area contributed by atoms with Crippen molar-refractivity contribution in [1.29, 1.82) is 0 Å². The highest BCUT2D eigenvalue weighted by Gasteiger charge is 2.29. The summed E-state index contributed by atoms with van der Waals surface area (Å²) < 4.78 is 0. The van der Waals surface area contributed by atoms with E-state index in [1.807, 2.05) is 32.0 Å². The normalized spacial score (nSPS) is 17.2. The molecule has 0 radical (unpaired) electrons. The molecule has 0 saturated heterocycles. The summed E-state index contributed by atoms with van der Waals surface area (Å²) in [4.78, 5) is 47.1. The number of anilines is 1. The van der Waals surface area contributed by atoms with Crippen LogP contribution >= 0.6 is 0 Å². The first-order valence-electron chi connectivity index (χ1n) is 9.08. The molecule has 28 heavy (non-hydrogen) atoms. The maximum absolute atomic E-state index is 12.5. The van der Waals surface area contributed by atoms with Crippen LogP contribution in [0.25, 0.3) is 0 Å². The highest BCUT2D eigenvalue weighted by Crippen LogP contribution is 2.25. The van der Waals surface area contributed by atoms with E-state index in [2.05, 4.69) is 15.8 Å². The average molecular weight is 387 g/mol. The summed E-state index contributed by atoms with van der Waals surface area (Å²) in [7, 11) is 0. The van der Waals surface area contributed by atoms with Gasteiger partial charge in [0.1, 0.15) is 5.78 Å². The largest absolute Gasteiger partial charge is 0.330 e. The number of hydrogen-bond donors (Lipinski definition) is 4. The van der Waals surface area contributed by atoms with E-state index in [-0.39, 0.29) is 24.5 Å². The summed E-state index contributed by atoms with van der Waals surface area (Å²) in [6.07, 6.45) is 2.06. The van der Waals surface area contributed by atoms with Crippen molar-refractivity contribution in [1.82, 2.24) is 10.9 Å². The molecule has 9 nitrogen and oxygen atoms in total. The van der Waals surface area contributed by atoms with Crippen molar-refractivity contribution in [3.63, 3.8) is 0 Å². The summed E-state index contributed by atoms with van der Waals surface area (Å²) in [5.41, 5.74) is 7.10. The molecule has 0 spiro atoms. The van der Waals surface area contributed by atoms with Gasteiger partial charge in [-0.25, -0.2) is 11.3 Å². The molecule has 3 amide bonds. The lowest BCUT2D eigenvalue weighted by Crippen LogP contribution is -2.41. The Kier molecular flexibility index (Phi) is 7.39.